The summed E-state index contributed by atoms with van der Waals surface area (Å²) < 4.78 is 5.36. The lowest BCUT2D eigenvalue weighted by Crippen LogP contribution is -2.05. The van der Waals surface area contributed by atoms with E-state index in [1.807, 2.05) is 0 Å². The molecule has 0 aromatic carbocycles. The highest BCUT2D eigenvalue weighted by molar-refractivity contribution is 9.10. The van der Waals surface area contributed by atoms with E-state index in [9.17, 15) is 0 Å². The van der Waals surface area contributed by atoms with Gasteiger partial charge in [-0.3, -0.25) is 0 Å². The van der Waals surface area contributed by atoms with Crippen LogP contribution in [0.25, 0.3) is 0 Å². The van der Waals surface area contributed by atoms with Crippen molar-refractivity contribution in [1.82, 2.24) is 10.2 Å². The maximum absolute atomic E-state index is 5.36. The van der Waals surface area contributed by atoms with Crippen molar-refractivity contribution in [3.05, 3.63) is 10.7 Å². The third-order valence-electron chi connectivity index (χ3n) is 2.44. The molecule has 2 rings (SSSR count). The highest BCUT2D eigenvalue weighted by atomic mass is 79.9. The monoisotopic (exact) mass is 230 g/mol. The summed E-state index contributed by atoms with van der Waals surface area (Å²) in [6, 6.07) is 0. The van der Waals surface area contributed by atoms with Gasteiger partial charge in [-0.25, -0.2) is 0 Å². The smallest absolute Gasteiger partial charge is 0.284 e. The van der Waals surface area contributed by atoms with Crippen molar-refractivity contribution in [2.75, 3.05) is 0 Å². The predicted molar refractivity (Wildman–Crippen MR) is 47.8 cm³/mol. The Bertz CT molecular complexity index is 280. The van der Waals surface area contributed by atoms with Crippen LogP contribution in [0.2, 0.25) is 0 Å². The summed E-state index contributed by atoms with van der Waals surface area (Å²) >= 11 is 3.16. The van der Waals surface area contributed by atoms with Gasteiger partial charge in [0.15, 0.2) is 0 Å². The van der Waals surface area contributed by atoms with Crippen LogP contribution in [0.4, 0.5) is 0 Å². The predicted octanol–water partition coefficient (Wildman–Crippen LogP) is 2.66. The molecule has 4 heteroatoms. The molecule has 0 saturated heterocycles. The molecule has 1 heterocycles. The Morgan fingerprint density at radius 1 is 1.50 bits per heavy atom. The van der Waals surface area contributed by atoms with Crippen LogP contribution in [0.1, 0.15) is 38.5 Å². The summed E-state index contributed by atoms with van der Waals surface area (Å²) in [5.74, 6) is 0.816. The summed E-state index contributed by atoms with van der Waals surface area (Å²) in [5.41, 5.74) is 0.244. The summed E-state index contributed by atoms with van der Waals surface area (Å²) in [6.07, 6.45) is 4.76. The molecule has 0 spiro atoms. The first-order valence-electron chi connectivity index (χ1n) is 4.26. The minimum Gasteiger partial charge on any atom is -0.415 e. The lowest BCUT2D eigenvalue weighted by molar-refractivity contribution is 0.402. The molecule has 0 N–H and O–H groups in total. The lowest BCUT2D eigenvalue weighted by atomic mass is 10.0. The fourth-order valence-electron chi connectivity index (χ4n) is 1.62. The molecule has 0 bridgehead atoms. The summed E-state index contributed by atoms with van der Waals surface area (Å²) in [6.45, 7) is 2.19. The van der Waals surface area contributed by atoms with Crippen molar-refractivity contribution in [2.24, 2.45) is 0 Å². The molecule has 0 radical (unpaired) electrons. The van der Waals surface area contributed by atoms with Gasteiger partial charge in [-0.15, -0.1) is 10.2 Å². The summed E-state index contributed by atoms with van der Waals surface area (Å²) in [7, 11) is 0. The molecule has 0 unspecified atom stereocenters. The fourth-order valence-corrected chi connectivity index (χ4v) is 1.85. The zero-order chi connectivity index (χ0) is 8.60. The first-order valence-corrected chi connectivity index (χ1v) is 5.06. The number of hydrogen-bond acceptors (Lipinski definition) is 3. The molecule has 0 atom stereocenters. The maximum Gasteiger partial charge on any atom is 0.284 e. The van der Waals surface area contributed by atoms with Crippen molar-refractivity contribution in [1.29, 1.82) is 0 Å². The number of hydrogen-bond donors (Lipinski definition) is 0. The summed E-state index contributed by atoms with van der Waals surface area (Å²) in [5, 5.41) is 7.81. The topological polar surface area (TPSA) is 38.9 Å². The third-order valence-corrected chi connectivity index (χ3v) is 2.76. The van der Waals surface area contributed by atoms with Gasteiger partial charge in [0, 0.05) is 21.3 Å². The Balaban J connectivity index is 2.18. The van der Waals surface area contributed by atoms with Crippen molar-refractivity contribution in [3.8, 4) is 0 Å². The molecule has 1 aromatic rings. The average molecular weight is 231 g/mol. The first kappa shape index (κ1) is 8.23. The molecule has 1 aromatic heterocycles. The van der Waals surface area contributed by atoms with E-state index in [-0.39, 0.29) is 5.41 Å². The zero-order valence-electron chi connectivity index (χ0n) is 7.01. The van der Waals surface area contributed by atoms with Crippen molar-refractivity contribution in [3.63, 3.8) is 0 Å². The largest absolute Gasteiger partial charge is 0.415 e. The SMILES string of the molecule is CCCC1(c2nnc(Br)o2)CC1. The Morgan fingerprint density at radius 3 is 2.67 bits per heavy atom. The van der Waals surface area contributed by atoms with Crippen LogP contribution in [0.5, 0.6) is 0 Å². The second-order valence-electron chi connectivity index (χ2n) is 3.39. The Kier molecular flexibility index (Phi) is 1.94. The zero-order valence-corrected chi connectivity index (χ0v) is 8.60. The second kappa shape index (κ2) is 2.83. The molecule has 1 aliphatic carbocycles. The third kappa shape index (κ3) is 1.28. The molecule has 66 valence electrons. The van der Waals surface area contributed by atoms with Crippen LogP contribution in [0.3, 0.4) is 0 Å². The number of rotatable bonds is 3. The second-order valence-corrected chi connectivity index (χ2v) is 4.07. The minimum atomic E-state index is 0.244. The Labute approximate surface area is 79.7 Å². The van der Waals surface area contributed by atoms with Crippen LogP contribution in [0, 0.1) is 0 Å². The van der Waals surface area contributed by atoms with Gasteiger partial charge in [0.2, 0.25) is 5.89 Å². The van der Waals surface area contributed by atoms with E-state index in [0.717, 1.165) is 5.89 Å². The van der Waals surface area contributed by atoms with Crippen LogP contribution in [-0.4, -0.2) is 10.2 Å². The Hall–Kier alpha value is -0.380. The van der Waals surface area contributed by atoms with E-state index in [0.29, 0.717) is 4.80 Å². The Morgan fingerprint density at radius 2 is 2.25 bits per heavy atom. The van der Waals surface area contributed by atoms with E-state index >= 15 is 0 Å². The molecule has 1 fully saturated rings. The van der Waals surface area contributed by atoms with E-state index in [1.165, 1.54) is 25.7 Å². The first-order chi connectivity index (χ1) is 5.77. The highest BCUT2D eigenvalue weighted by Crippen LogP contribution is 2.51. The fraction of sp³-hybridized carbons (Fsp3) is 0.750. The van der Waals surface area contributed by atoms with Crippen molar-refractivity contribution >= 4 is 15.9 Å². The number of nitrogens with zero attached hydrogens (tertiary/aromatic N) is 2. The molecular formula is C8H11BrN2O. The van der Waals surface area contributed by atoms with Crippen molar-refractivity contribution in [2.45, 2.75) is 38.0 Å². The van der Waals surface area contributed by atoms with Gasteiger partial charge < -0.3 is 4.42 Å². The normalized spacial score (nSPS) is 19.5. The van der Waals surface area contributed by atoms with Gasteiger partial charge in [-0.05, 0) is 19.3 Å². The molecule has 12 heavy (non-hydrogen) atoms. The molecule has 1 saturated carbocycles. The van der Waals surface area contributed by atoms with E-state index in [4.69, 9.17) is 4.42 Å². The van der Waals surface area contributed by atoms with E-state index < -0.39 is 0 Å². The van der Waals surface area contributed by atoms with Crippen LogP contribution >= 0.6 is 15.9 Å². The van der Waals surface area contributed by atoms with Gasteiger partial charge in [-0.1, -0.05) is 13.3 Å². The van der Waals surface area contributed by atoms with Gasteiger partial charge in [-0.2, -0.15) is 0 Å². The van der Waals surface area contributed by atoms with Crippen LogP contribution in [0.15, 0.2) is 9.22 Å². The highest BCUT2D eigenvalue weighted by Gasteiger charge is 2.48. The quantitative estimate of drug-likeness (QED) is 0.802. The van der Waals surface area contributed by atoms with Gasteiger partial charge >= 0.3 is 0 Å². The molecule has 3 nitrogen and oxygen atoms in total. The minimum absolute atomic E-state index is 0.244. The van der Waals surface area contributed by atoms with Crippen LogP contribution < -0.4 is 0 Å². The average Bonchev–Trinajstić information content (AvgIpc) is 2.69. The maximum atomic E-state index is 5.36. The molecule has 0 aliphatic heterocycles. The molecule has 1 aliphatic rings. The number of aromatic nitrogens is 2. The van der Waals surface area contributed by atoms with Gasteiger partial charge in [0.25, 0.3) is 4.80 Å². The number of halogens is 1. The molecule has 0 amide bonds. The van der Waals surface area contributed by atoms with Crippen LogP contribution in [-0.2, 0) is 5.41 Å². The van der Waals surface area contributed by atoms with E-state index in [2.05, 4.69) is 33.1 Å². The van der Waals surface area contributed by atoms with Gasteiger partial charge in [0.1, 0.15) is 0 Å². The summed E-state index contributed by atoms with van der Waals surface area (Å²) in [4.78, 5) is 0.500. The lowest BCUT2D eigenvalue weighted by Gasteiger charge is -2.06. The van der Waals surface area contributed by atoms with Crippen molar-refractivity contribution < 1.29 is 4.42 Å². The standard InChI is InChI=1S/C8H11BrN2O/c1-2-3-8(4-5-8)6-10-11-7(9)12-6/h2-5H2,1H3. The van der Waals surface area contributed by atoms with Gasteiger partial charge in [0.05, 0.1) is 0 Å². The molecular weight excluding hydrogens is 220 g/mol. The van der Waals surface area contributed by atoms with E-state index in [1.54, 1.807) is 0 Å².